The van der Waals surface area contributed by atoms with Crippen LogP contribution in [0.1, 0.15) is 40.2 Å². The van der Waals surface area contributed by atoms with Gasteiger partial charge in [-0.15, -0.1) is 23.1 Å². The lowest BCUT2D eigenvalue weighted by molar-refractivity contribution is 0.102. The maximum absolute atomic E-state index is 13.9. The number of rotatable bonds is 5. The first kappa shape index (κ1) is 23.7. The molecular formula is C26H23ClN2O2S3. The van der Waals surface area contributed by atoms with Crippen LogP contribution in [-0.4, -0.2) is 25.8 Å². The molecule has 2 aromatic heterocycles. The topological polar surface area (TPSA) is 52.0 Å². The molecule has 0 unspecified atom stereocenters. The Morgan fingerprint density at radius 3 is 2.56 bits per heavy atom. The molecule has 0 amide bonds. The smallest absolute Gasteiger partial charge is 0.267 e. The average Bonchev–Trinajstić information content (AvgIpc) is 3.15. The van der Waals surface area contributed by atoms with Crippen LogP contribution in [0.15, 0.2) is 58.5 Å². The standard InChI is InChI=1S/C26H23ClN2O2S3/c1-15-4-10-18(11-5-15)29-24(31)22-19-12-26(2,3)33-14-21(19)34-23(22)28-25(29)32-13-20(30)16-6-8-17(27)9-7-16/h4-11H,12-14H2,1-3H3. The fourth-order valence-electron chi connectivity index (χ4n) is 4.04. The lowest BCUT2D eigenvalue weighted by atomic mass is 10.00. The Labute approximate surface area is 215 Å². The molecule has 5 rings (SSSR count). The number of hydrogen-bond acceptors (Lipinski definition) is 6. The summed E-state index contributed by atoms with van der Waals surface area (Å²) < 4.78 is 1.75. The minimum absolute atomic E-state index is 0.0323. The molecule has 0 saturated heterocycles. The van der Waals surface area contributed by atoms with Crippen molar-refractivity contribution >= 4 is 62.5 Å². The van der Waals surface area contributed by atoms with E-state index in [0.717, 1.165) is 39.2 Å². The van der Waals surface area contributed by atoms with Gasteiger partial charge in [0.25, 0.3) is 5.56 Å². The SMILES string of the molecule is Cc1ccc(-n2c(SCC(=O)c3ccc(Cl)cc3)nc3sc4c(c3c2=O)CC(C)(C)SC4)cc1. The molecule has 0 saturated carbocycles. The number of hydrogen-bond donors (Lipinski definition) is 0. The number of carbonyl (C=O) groups is 1. The molecule has 2 aromatic carbocycles. The van der Waals surface area contributed by atoms with Gasteiger partial charge >= 0.3 is 0 Å². The van der Waals surface area contributed by atoms with Crippen molar-refractivity contribution in [2.45, 2.75) is 42.8 Å². The molecule has 0 N–H and O–H groups in total. The second-order valence-electron chi connectivity index (χ2n) is 9.00. The molecule has 1 aliphatic rings. The molecule has 0 aliphatic carbocycles. The summed E-state index contributed by atoms with van der Waals surface area (Å²) in [5.41, 5.74) is 3.54. The Hall–Kier alpha value is -2.06. The summed E-state index contributed by atoms with van der Waals surface area (Å²) in [7, 11) is 0. The van der Waals surface area contributed by atoms with Gasteiger partial charge in [-0.2, -0.15) is 0 Å². The monoisotopic (exact) mass is 526 g/mol. The van der Waals surface area contributed by atoms with Crippen LogP contribution in [0.3, 0.4) is 0 Å². The van der Waals surface area contributed by atoms with Crippen molar-refractivity contribution in [2.75, 3.05) is 5.75 Å². The van der Waals surface area contributed by atoms with Crippen LogP contribution in [0, 0.1) is 6.92 Å². The van der Waals surface area contributed by atoms with Gasteiger partial charge in [0.15, 0.2) is 10.9 Å². The number of ketones is 1. The Balaban J connectivity index is 1.60. The maximum atomic E-state index is 13.9. The molecular weight excluding hydrogens is 504 g/mol. The number of fused-ring (bicyclic) bond motifs is 3. The van der Waals surface area contributed by atoms with E-state index in [0.29, 0.717) is 15.7 Å². The minimum atomic E-state index is -0.0597. The third kappa shape index (κ3) is 4.59. The van der Waals surface area contributed by atoms with Gasteiger partial charge < -0.3 is 0 Å². The highest BCUT2D eigenvalue weighted by molar-refractivity contribution is 8.00. The van der Waals surface area contributed by atoms with Gasteiger partial charge in [0, 0.05) is 26.0 Å². The maximum Gasteiger partial charge on any atom is 0.267 e. The number of halogens is 1. The quantitative estimate of drug-likeness (QED) is 0.160. The predicted molar refractivity (Wildman–Crippen MR) is 146 cm³/mol. The first-order chi connectivity index (χ1) is 16.2. The fourth-order valence-corrected chi connectivity index (χ4v) is 7.46. The number of nitrogens with zero attached hydrogens (tertiary/aromatic N) is 2. The molecule has 0 radical (unpaired) electrons. The molecule has 3 heterocycles. The van der Waals surface area contributed by atoms with E-state index < -0.39 is 0 Å². The summed E-state index contributed by atoms with van der Waals surface area (Å²) in [6.45, 7) is 6.47. The van der Waals surface area contributed by atoms with Gasteiger partial charge in [-0.3, -0.25) is 14.2 Å². The number of thiophene rings is 1. The summed E-state index contributed by atoms with van der Waals surface area (Å²) >= 11 is 10.8. The summed E-state index contributed by atoms with van der Waals surface area (Å²) in [5.74, 6) is 1.04. The molecule has 8 heteroatoms. The van der Waals surface area contributed by atoms with Gasteiger partial charge in [0.1, 0.15) is 4.83 Å². The Kier molecular flexibility index (Phi) is 6.40. The van der Waals surface area contributed by atoms with Crippen LogP contribution >= 0.6 is 46.5 Å². The summed E-state index contributed by atoms with van der Waals surface area (Å²) in [5, 5.41) is 1.85. The predicted octanol–water partition coefficient (Wildman–Crippen LogP) is 6.95. The van der Waals surface area contributed by atoms with Crippen LogP contribution in [-0.2, 0) is 12.2 Å². The van der Waals surface area contributed by atoms with Crippen LogP contribution in [0.2, 0.25) is 5.02 Å². The highest BCUT2D eigenvalue weighted by atomic mass is 35.5. The average molecular weight is 527 g/mol. The summed E-state index contributed by atoms with van der Waals surface area (Å²) in [4.78, 5) is 33.7. The van der Waals surface area contributed by atoms with E-state index in [2.05, 4.69) is 13.8 Å². The third-order valence-corrected chi connectivity index (χ3v) is 9.72. The number of benzene rings is 2. The normalized spacial score (nSPS) is 14.8. The largest absolute Gasteiger partial charge is 0.293 e. The molecule has 0 bridgehead atoms. The van der Waals surface area contributed by atoms with Crippen LogP contribution < -0.4 is 5.56 Å². The van der Waals surface area contributed by atoms with Crippen molar-refractivity contribution in [2.24, 2.45) is 0 Å². The second-order valence-corrected chi connectivity index (χ2v) is 13.1. The van der Waals surface area contributed by atoms with Gasteiger partial charge in [-0.25, -0.2) is 4.98 Å². The van der Waals surface area contributed by atoms with Gasteiger partial charge in [-0.05, 0) is 55.3 Å². The van der Waals surface area contributed by atoms with Crippen molar-refractivity contribution in [3.05, 3.63) is 85.5 Å². The lowest BCUT2D eigenvalue weighted by Gasteiger charge is -2.28. The first-order valence-electron chi connectivity index (χ1n) is 10.9. The van der Waals surface area contributed by atoms with Crippen LogP contribution in [0.25, 0.3) is 15.9 Å². The molecule has 0 atom stereocenters. The van der Waals surface area contributed by atoms with Gasteiger partial charge in [0.2, 0.25) is 0 Å². The number of thioether (sulfide) groups is 2. The molecule has 34 heavy (non-hydrogen) atoms. The molecule has 4 nitrogen and oxygen atoms in total. The summed E-state index contributed by atoms with van der Waals surface area (Å²) in [6.07, 6.45) is 0.847. The van der Waals surface area contributed by atoms with Crippen molar-refractivity contribution in [1.82, 2.24) is 9.55 Å². The van der Waals surface area contributed by atoms with Crippen LogP contribution in [0.5, 0.6) is 0 Å². The van der Waals surface area contributed by atoms with E-state index in [1.165, 1.54) is 16.6 Å². The molecule has 1 aliphatic heterocycles. The Morgan fingerprint density at radius 2 is 1.85 bits per heavy atom. The highest BCUT2D eigenvalue weighted by Gasteiger charge is 2.31. The zero-order valence-corrected chi connectivity index (χ0v) is 22.3. The fraction of sp³-hybridized carbons (Fsp3) is 0.269. The summed E-state index contributed by atoms with van der Waals surface area (Å²) in [6, 6.07) is 14.7. The third-order valence-electron chi connectivity index (χ3n) is 5.86. The Morgan fingerprint density at radius 1 is 1.15 bits per heavy atom. The number of aromatic nitrogens is 2. The number of carbonyl (C=O) groups excluding carboxylic acids is 1. The van der Waals surface area contributed by atoms with E-state index >= 15 is 0 Å². The van der Waals surface area contributed by atoms with Gasteiger partial charge in [0.05, 0.1) is 16.8 Å². The molecule has 4 aromatic rings. The molecule has 174 valence electrons. The van der Waals surface area contributed by atoms with Gasteiger partial charge in [-0.1, -0.05) is 54.9 Å². The Bertz CT molecular complexity index is 1450. The zero-order chi connectivity index (χ0) is 24.0. The second kappa shape index (κ2) is 9.19. The zero-order valence-electron chi connectivity index (χ0n) is 19.1. The van der Waals surface area contributed by atoms with Crippen molar-refractivity contribution in [1.29, 1.82) is 0 Å². The van der Waals surface area contributed by atoms with E-state index in [4.69, 9.17) is 16.6 Å². The van der Waals surface area contributed by atoms with E-state index in [1.54, 1.807) is 40.2 Å². The number of Topliss-reactive ketones (excluding diaryl/α,β-unsaturated/α-hetero) is 1. The first-order valence-corrected chi connectivity index (χ1v) is 14.1. The number of aryl methyl sites for hydroxylation is 1. The van der Waals surface area contributed by atoms with E-state index in [9.17, 15) is 9.59 Å². The minimum Gasteiger partial charge on any atom is -0.293 e. The molecule has 0 spiro atoms. The van der Waals surface area contributed by atoms with Crippen molar-refractivity contribution in [3.8, 4) is 5.69 Å². The van der Waals surface area contributed by atoms with Crippen LogP contribution in [0.4, 0.5) is 0 Å². The van der Waals surface area contributed by atoms with E-state index in [1.807, 2.05) is 43.0 Å². The van der Waals surface area contributed by atoms with Crippen molar-refractivity contribution < 1.29 is 4.79 Å². The van der Waals surface area contributed by atoms with E-state index in [-0.39, 0.29) is 21.8 Å². The molecule has 0 fully saturated rings. The van der Waals surface area contributed by atoms with Crippen molar-refractivity contribution in [3.63, 3.8) is 0 Å². The lowest BCUT2D eigenvalue weighted by Crippen LogP contribution is -2.26. The highest BCUT2D eigenvalue weighted by Crippen LogP contribution is 2.44.